The van der Waals surface area contributed by atoms with Gasteiger partial charge in [0.15, 0.2) is 5.75 Å². The fourth-order valence-electron chi connectivity index (χ4n) is 3.22. The van der Waals surface area contributed by atoms with E-state index in [0.29, 0.717) is 28.1 Å². The number of thiophene rings is 1. The van der Waals surface area contributed by atoms with Crippen LogP contribution < -0.4 is 10.5 Å². The second kappa shape index (κ2) is 10.8. The van der Waals surface area contributed by atoms with Gasteiger partial charge in [0.1, 0.15) is 4.34 Å². The van der Waals surface area contributed by atoms with Crippen molar-refractivity contribution < 1.29 is 32.6 Å². The average Bonchev–Trinajstić information content (AvgIpc) is 3.13. The summed E-state index contributed by atoms with van der Waals surface area (Å²) >= 11 is 7.40. The summed E-state index contributed by atoms with van der Waals surface area (Å²) in [6, 6.07) is 8.45. The Morgan fingerprint density at radius 2 is 1.94 bits per heavy atom. The molecular weight excluding hydrogens is 457 g/mol. The summed E-state index contributed by atoms with van der Waals surface area (Å²) in [5.74, 6) is -1.78. The molecule has 0 atom stereocenters. The van der Waals surface area contributed by atoms with Crippen molar-refractivity contribution in [2.45, 2.75) is 31.5 Å². The summed E-state index contributed by atoms with van der Waals surface area (Å²) < 4.78 is 37.5. The Bertz CT molecular complexity index is 912. The molecule has 0 saturated carbocycles. The number of likely N-dealkylation sites (tertiary alicyclic amines) is 1. The number of amides is 1. The number of piperidine rings is 1. The van der Waals surface area contributed by atoms with Crippen molar-refractivity contribution in [3.8, 4) is 5.75 Å². The van der Waals surface area contributed by atoms with Gasteiger partial charge in [0.25, 0.3) is 5.91 Å². The van der Waals surface area contributed by atoms with Gasteiger partial charge in [-0.15, -0.1) is 11.3 Å². The van der Waals surface area contributed by atoms with E-state index in [1.165, 1.54) is 16.9 Å². The summed E-state index contributed by atoms with van der Waals surface area (Å²) in [4.78, 5) is 23.5. The Morgan fingerprint density at radius 1 is 1.32 bits per heavy atom. The number of alkyl halides is 3. The van der Waals surface area contributed by atoms with Gasteiger partial charge in [-0.2, -0.15) is 13.2 Å². The van der Waals surface area contributed by atoms with Crippen LogP contribution in [0.5, 0.6) is 5.75 Å². The second-order valence-corrected chi connectivity index (χ2v) is 8.26. The van der Waals surface area contributed by atoms with Gasteiger partial charge in [0, 0.05) is 25.0 Å². The first-order valence-corrected chi connectivity index (χ1v) is 10.5. The van der Waals surface area contributed by atoms with Gasteiger partial charge < -0.3 is 20.5 Å². The zero-order chi connectivity index (χ0) is 23.2. The third kappa shape index (κ3) is 6.59. The van der Waals surface area contributed by atoms with Crippen LogP contribution in [0.4, 0.5) is 13.2 Å². The van der Waals surface area contributed by atoms with Crippen LogP contribution >= 0.6 is 22.9 Å². The maximum Gasteiger partial charge on any atom is 0.490 e. The molecule has 2 aromatic rings. The monoisotopic (exact) mass is 478 g/mol. The molecule has 0 unspecified atom stereocenters. The van der Waals surface area contributed by atoms with Crippen molar-refractivity contribution in [1.82, 2.24) is 4.90 Å². The molecule has 6 nitrogen and oxygen atoms in total. The quantitative estimate of drug-likeness (QED) is 0.674. The first kappa shape index (κ1) is 25.0. The van der Waals surface area contributed by atoms with E-state index in [1.807, 2.05) is 4.90 Å². The lowest BCUT2D eigenvalue weighted by Gasteiger charge is -2.32. The minimum atomic E-state index is -5.08. The summed E-state index contributed by atoms with van der Waals surface area (Å²) in [7, 11) is 1.54. The van der Waals surface area contributed by atoms with Crippen molar-refractivity contribution >= 4 is 34.8 Å². The molecule has 1 fully saturated rings. The van der Waals surface area contributed by atoms with Crippen LogP contribution in [0, 0.1) is 0 Å². The predicted molar refractivity (Wildman–Crippen MR) is 112 cm³/mol. The second-order valence-electron chi connectivity index (χ2n) is 6.77. The van der Waals surface area contributed by atoms with Crippen LogP contribution in [-0.2, 0) is 11.3 Å². The standard InChI is InChI=1S/C18H21ClN2O2S.C2HF3O2/c1-23-16-15(11-24-17(16)19)18(22)21-7-5-13(6-8-21)14-4-2-3-12(9-14)10-20;3-2(4,5)1(6)7/h2-4,9,11,13H,5-8,10,20H2,1H3;(H,6,7). The van der Waals surface area contributed by atoms with Crippen molar-refractivity contribution in [1.29, 1.82) is 0 Å². The van der Waals surface area contributed by atoms with Crippen molar-refractivity contribution in [3.05, 3.63) is 50.7 Å². The van der Waals surface area contributed by atoms with Crippen molar-refractivity contribution in [3.63, 3.8) is 0 Å². The number of ether oxygens (including phenoxy) is 1. The van der Waals surface area contributed by atoms with Crippen LogP contribution in [-0.4, -0.2) is 48.3 Å². The third-order valence-electron chi connectivity index (χ3n) is 4.82. The van der Waals surface area contributed by atoms with E-state index in [4.69, 9.17) is 32.0 Å². The summed E-state index contributed by atoms with van der Waals surface area (Å²) in [6.45, 7) is 2.05. The Hall–Kier alpha value is -2.30. The van der Waals surface area contributed by atoms with Crippen LogP contribution in [0.1, 0.15) is 40.2 Å². The highest BCUT2D eigenvalue weighted by Gasteiger charge is 2.38. The van der Waals surface area contributed by atoms with E-state index in [-0.39, 0.29) is 5.91 Å². The average molecular weight is 479 g/mol. The first-order chi connectivity index (χ1) is 14.6. The molecule has 1 saturated heterocycles. The Balaban J connectivity index is 0.000000423. The predicted octanol–water partition coefficient (Wildman–Crippen LogP) is 4.52. The normalized spacial score (nSPS) is 14.6. The largest absolute Gasteiger partial charge is 0.493 e. The summed E-state index contributed by atoms with van der Waals surface area (Å²) in [6.07, 6.45) is -3.17. The number of hydrogen-bond acceptors (Lipinski definition) is 5. The first-order valence-electron chi connectivity index (χ1n) is 9.27. The van der Waals surface area contributed by atoms with E-state index in [9.17, 15) is 18.0 Å². The highest BCUT2D eigenvalue weighted by molar-refractivity contribution is 7.15. The topological polar surface area (TPSA) is 92.9 Å². The van der Waals surface area contributed by atoms with Gasteiger partial charge in [-0.3, -0.25) is 4.79 Å². The molecule has 1 aliphatic rings. The van der Waals surface area contributed by atoms with Gasteiger partial charge >= 0.3 is 12.1 Å². The molecule has 31 heavy (non-hydrogen) atoms. The SMILES string of the molecule is COc1c(C(=O)N2CCC(c3cccc(CN)c3)CC2)csc1Cl.O=C(O)C(F)(F)F. The van der Waals surface area contributed by atoms with Crippen LogP contribution in [0.3, 0.4) is 0 Å². The van der Waals surface area contributed by atoms with Crippen LogP contribution in [0.25, 0.3) is 0 Å². The lowest BCUT2D eigenvalue weighted by Crippen LogP contribution is -2.37. The molecule has 11 heteroatoms. The number of carboxylic acid groups (broad SMARTS) is 1. The number of hydrogen-bond donors (Lipinski definition) is 2. The molecule has 2 heterocycles. The van der Waals surface area contributed by atoms with E-state index in [1.54, 1.807) is 12.5 Å². The van der Waals surface area contributed by atoms with Crippen molar-refractivity contribution in [2.75, 3.05) is 20.2 Å². The molecular formula is C20H22ClF3N2O4S. The van der Waals surface area contributed by atoms with Gasteiger partial charge in [-0.05, 0) is 29.9 Å². The number of carbonyl (C=O) groups is 2. The number of carbonyl (C=O) groups excluding carboxylic acids is 1. The van der Waals surface area contributed by atoms with E-state index < -0.39 is 12.1 Å². The molecule has 0 bridgehead atoms. The van der Waals surface area contributed by atoms with E-state index in [0.717, 1.165) is 31.5 Å². The number of benzene rings is 1. The molecule has 1 aliphatic heterocycles. The molecule has 1 amide bonds. The number of carboxylic acids is 1. The summed E-state index contributed by atoms with van der Waals surface area (Å²) in [5.41, 5.74) is 8.77. The number of nitrogens with zero attached hydrogens (tertiary/aromatic N) is 1. The number of aliphatic carboxylic acids is 1. The Kier molecular flexibility index (Phi) is 8.72. The van der Waals surface area contributed by atoms with Gasteiger partial charge in [0.2, 0.25) is 0 Å². The lowest BCUT2D eigenvalue weighted by atomic mass is 9.88. The maximum absolute atomic E-state index is 12.7. The molecule has 0 radical (unpaired) electrons. The zero-order valence-corrected chi connectivity index (χ0v) is 18.2. The summed E-state index contributed by atoms with van der Waals surface area (Å²) in [5, 5.41) is 8.90. The smallest absolute Gasteiger partial charge is 0.490 e. The minimum Gasteiger partial charge on any atom is -0.493 e. The van der Waals surface area contributed by atoms with Crippen molar-refractivity contribution in [2.24, 2.45) is 5.73 Å². The highest BCUT2D eigenvalue weighted by atomic mass is 35.5. The molecule has 1 aromatic carbocycles. The highest BCUT2D eigenvalue weighted by Crippen LogP contribution is 2.37. The van der Waals surface area contributed by atoms with Crippen LogP contribution in [0.15, 0.2) is 29.6 Å². The third-order valence-corrected chi connectivity index (χ3v) is 6.01. The number of methoxy groups -OCH3 is 1. The maximum atomic E-state index is 12.7. The number of rotatable bonds is 4. The van der Waals surface area contributed by atoms with Gasteiger partial charge in [-0.1, -0.05) is 35.9 Å². The Morgan fingerprint density at radius 3 is 2.45 bits per heavy atom. The number of halogens is 4. The van der Waals surface area contributed by atoms with E-state index in [2.05, 4.69) is 24.3 Å². The number of nitrogens with two attached hydrogens (primary N) is 1. The lowest BCUT2D eigenvalue weighted by molar-refractivity contribution is -0.192. The molecule has 170 valence electrons. The Labute approximate surface area is 186 Å². The van der Waals surface area contributed by atoms with Gasteiger partial charge in [-0.25, -0.2) is 4.79 Å². The molecule has 3 N–H and O–H groups in total. The van der Waals surface area contributed by atoms with E-state index >= 15 is 0 Å². The fourth-order valence-corrected chi connectivity index (χ4v) is 4.26. The molecule has 0 aliphatic carbocycles. The molecule has 3 rings (SSSR count). The molecule has 0 spiro atoms. The van der Waals surface area contributed by atoms with Gasteiger partial charge in [0.05, 0.1) is 12.7 Å². The van der Waals surface area contributed by atoms with Crippen LogP contribution in [0.2, 0.25) is 4.34 Å². The fraction of sp³-hybridized carbons (Fsp3) is 0.400. The zero-order valence-electron chi connectivity index (χ0n) is 16.6. The molecule has 1 aromatic heterocycles. The minimum absolute atomic E-state index is 0.00385.